The highest BCUT2D eigenvalue weighted by molar-refractivity contribution is 6.35. The molecule has 0 radical (unpaired) electrons. The fourth-order valence-electron chi connectivity index (χ4n) is 2.00. The molecule has 0 aliphatic heterocycles. The summed E-state index contributed by atoms with van der Waals surface area (Å²) in [5, 5.41) is 6.10. The molecule has 0 fully saturated rings. The number of nitrogens with one attached hydrogen (secondary N) is 2. The fourth-order valence-corrected chi connectivity index (χ4v) is 2.35. The molecule has 0 bridgehead atoms. The summed E-state index contributed by atoms with van der Waals surface area (Å²) in [5.74, 6) is -0.544. The van der Waals surface area contributed by atoms with Gasteiger partial charge in [0.15, 0.2) is 0 Å². The highest BCUT2D eigenvalue weighted by Gasteiger charge is 2.33. The van der Waals surface area contributed by atoms with Gasteiger partial charge < -0.3 is 10.6 Å². The van der Waals surface area contributed by atoms with E-state index >= 15 is 0 Å². The number of hydrogen-bond acceptors (Lipinski definition) is 2. The van der Waals surface area contributed by atoms with Gasteiger partial charge >= 0.3 is 6.18 Å². The largest absolute Gasteiger partial charge is 0.418 e. The van der Waals surface area contributed by atoms with Crippen LogP contribution in [-0.4, -0.2) is 12.5 Å². The number of carbonyl (C=O) groups excluding carboxylic acids is 1. The first-order valence-corrected chi connectivity index (χ1v) is 7.68. The minimum atomic E-state index is -4.53. The van der Waals surface area contributed by atoms with Gasteiger partial charge in [-0.2, -0.15) is 13.2 Å². The van der Waals surface area contributed by atoms with Crippen LogP contribution in [0.2, 0.25) is 10.0 Å². The van der Waals surface area contributed by atoms with Crippen molar-refractivity contribution in [2.45, 2.75) is 12.6 Å². The molecule has 0 heterocycles. The van der Waals surface area contributed by atoms with Crippen molar-refractivity contribution in [2.24, 2.45) is 0 Å². The second-order valence-electron chi connectivity index (χ2n) is 4.89. The molecule has 2 N–H and O–H groups in total. The van der Waals surface area contributed by atoms with Gasteiger partial charge in [-0.3, -0.25) is 4.79 Å². The minimum Gasteiger partial charge on any atom is -0.383 e. The van der Waals surface area contributed by atoms with Crippen LogP contribution in [0.4, 0.5) is 24.5 Å². The number of halogens is 5. The van der Waals surface area contributed by atoms with Crippen LogP contribution >= 0.6 is 23.2 Å². The third-order valence-corrected chi connectivity index (χ3v) is 3.67. The van der Waals surface area contributed by atoms with Gasteiger partial charge in [-0.15, -0.1) is 0 Å². The molecular formula is C16H13Cl2F3N2O. The summed E-state index contributed by atoms with van der Waals surface area (Å²) in [6.45, 7) is 0.195. The maximum atomic E-state index is 12.9. The predicted octanol–water partition coefficient (Wildman–Crippen LogP) is 5.45. The molecule has 0 aliphatic carbocycles. The number of benzene rings is 2. The van der Waals surface area contributed by atoms with Crippen molar-refractivity contribution in [3.8, 4) is 0 Å². The van der Waals surface area contributed by atoms with Crippen molar-refractivity contribution < 1.29 is 18.0 Å². The zero-order chi connectivity index (χ0) is 17.7. The van der Waals surface area contributed by atoms with E-state index in [1.54, 1.807) is 18.2 Å². The van der Waals surface area contributed by atoms with Gasteiger partial charge in [0, 0.05) is 18.0 Å². The van der Waals surface area contributed by atoms with E-state index in [-0.39, 0.29) is 18.7 Å². The van der Waals surface area contributed by atoms with Gasteiger partial charge in [-0.1, -0.05) is 35.3 Å². The molecule has 1 amide bonds. The first-order valence-electron chi connectivity index (χ1n) is 6.92. The molecule has 0 saturated carbocycles. The smallest absolute Gasteiger partial charge is 0.383 e. The molecule has 0 unspecified atom stereocenters. The molecule has 8 heteroatoms. The molecule has 3 nitrogen and oxygen atoms in total. The van der Waals surface area contributed by atoms with Crippen LogP contribution in [0, 0.1) is 0 Å². The van der Waals surface area contributed by atoms with Crippen LogP contribution in [0.25, 0.3) is 0 Å². The number of anilines is 2. The molecule has 0 aromatic heterocycles. The van der Waals surface area contributed by atoms with E-state index in [0.29, 0.717) is 15.7 Å². The Morgan fingerprint density at radius 3 is 2.46 bits per heavy atom. The highest BCUT2D eigenvalue weighted by Crippen LogP contribution is 2.34. The third-order valence-electron chi connectivity index (χ3n) is 3.10. The summed E-state index contributed by atoms with van der Waals surface area (Å²) in [6, 6.07) is 9.64. The van der Waals surface area contributed by atoms with E-state index in [4.69, 9.17) is 23.2 Å². The minimum absolute atomic E-state index is 0.0327. The SMILES string of the molecule is O=C(CCNc1cc(Cl)ccc1Cl)Nc1ccccc1C(F)(F)F. The molecule has 2 aromatic rings. The van der Waals surface area contributed by atoms with Crippen LogP contribution in [0.15, 0.2) is 42.5 Å². The standard InChI is InChI=1S/C16H13Cl2F3N2O/c17-10-5-6-12(18)14(9-10)22-8-7-15(24)23-13-4-2-1-3-11(13)16(19,20)21/h1-6,9,22H,7-8H2,(H,23,24). The van der Waals surface area contributed by atoms with E-state index in [0.717, 1.165) is 6.07 Å². The van der Waals surface area contributed by atoms with Crippen LogP contribution in [0.3, 0.4) is 0 Å². The number of alkyl halides is 3. The van der Waals surface area contributed by atoms with Gasteiger partial charge in [0.2, 0.25) is 5.91 Å². The predicted molar refractivity (Wildman–Crippen MR) is 89.6 cm³/mol. The Hall–Kier alpha value is -1.92. The summed E-state index contributed by atoms with van der Waals surface area (Å²) in [7, 11) is 0. The second kappa shape index (κ2) is 7.77. The second-order valence-corrected chi connectivity index (χ2v) is 5.74. The summed E-state index contributed by atoms with van der Waals surface area (Å²) < 4.78 is 38.6. The van der Waals surface area contributed by atoms with Gasteiger partial charge in [0.1, 0.15) is 0 Å². The zero-order valence-corrected chi connectivity index (χ0v) is 13.8. The Balaban J connectivity index is 1.94. The fraction of sp³-hybridized carbons (Fsp3) is 0.188. The van der Waals surface area contributed by atoms with Crippen molar-refractivity contribution in [1.29, 1.82) is 0 Å². The molecule has 24 heavy (non-hydrogen) atoms. The van der Waals surface area contributed by atoms with Crippen LogP contribution in [0.1, 0.15) is 12.0 Å². The Kier molecular flexibility index (Phi) is 5.96. The van der Waals surface area contributed by atoms with E-state index in [1.165, 1.54) is 18.2 Å². The van der Waals surface area contributed by atoms with E-state index in [2.05, 4.69) is 10.6 Å². The molecule has 128 valence electrons. The number of carbonyl (C=O) groups is 1. The quantitative estimate of drug-likeness (QED) is 0.727. The van der Waals surface area contributed by atoms with Crippen molar-refractivity contribution in [3.05, 3.63) is 58.1 Å². The summed E-state index contributed by atoms with van der Waals surface area (Å²) in [5.41, 5.74) is -0.604. The lowest BCUT2D eigenvalue weighted by Gasteiger charge is -2.14. The number of para-hydroxylation sites is 1. The summed E-state index contributed by atoms with van der Waals surface area (Å²) in [6.07, 6.45) is -4.56. The van der Waals surface area contributed by atoms with Crippen LogP contribution in [-0.2, 0) is 11.0 Å². The molecule has 2 rings (SSSR count). The van der Waals surface area contributed by atoms with Crippen molar-refractivity contribution in [2.75, 3.05) is 17.2 Å². The van der Waals surface area contributed by atoms with Gasteiger partial charge in [-0.25, -0.2) is 0 Å². The number of amides is 1. The molecule has 0 spiro atoms. The molecule has 2 aromatic carbocycles. The van der Waals surface area contributed by atoms with E-state index in [1.807, 2.05) is 0 Å². The third kappa shape index (κ3) is 5.04. The van der Waals surface area contributed by atoms with E-state index < -0.39 is 17.6 Å². The first-order chi connectivity index (χ1) is 11.3. The molecular weight excluding hydrogens is 364 g/mol. The maximum absolute atomic E-state index is 12.9. The average molecular weight is 377 g/mol. The van der Waals surface area contributed by atoms with Crippen LogP contribution < -0.4 is 10.6 Å². The maximum Gasteiger partial charge on any atom is 0.418 e. The number of rotatable bonds is 5. The van der Waals surface area contributed by atoms with E-state index in [9.17, 15) is 18.0 Å². The normalized spacial score (nSPS) is 11.2. The summed E-state index contributed by atoms with van der Waals surface area (Å²) in [4.78, 5) is 11.9. The topological polar surface area (TPSA) is 41.1 Å². The van der Waals surface area contributed by atoms with Crippen molar-refractivity contribution in [1.82, 2.24) is 0 Å². The molecule has 0 atom stereocenters. The first kappa shape index (κ1) is 18.4. The van der Waals surface area contributed by atoms with Gasteiger partial charge in [-0.05, 0) is 30.3 Å². The summed E-state index contributed by atoms with van der Waals surface area (Å²) >= 11 is 11.8. The van der Waals surface area contributed by atoms with Crippen LogP contribution in [0.5, 0.6) is 0 Å². The van der Waals surface area contributed by atoms with Crippen molar-refractivity contribution >= 4 is 40.5 Å². The Morgan fingerprint density at radius 2 is 1.75 bits per heavy atom. The lowest BCUT2D eigenvalue weighted by atomic mass is 10.1. The lowest BCUT2D eigenvalue weighted by Crippen LogP contribution is -2.19. The lowest BCUT2D eigenvalue weighted by molar-refractivity contribution is -0.137. The zero-order valence-electron chi connectivity index (χ0n) is 12.3. The molecule has 0 aliphatic rings. The van der Waals surface area contributed by atoms with Gasteiger partial charge in [0.05, 0.1) is 22.0 Å². The molecule has 0 saturated heterocycles. The highest BCUT2D eigenvalue weighted by atomic mass is 35.5. The van der Waals surface area contributed by atoms with Gasteiger partial charge in [0.25, 0.3) is 0 Å². The van der Waals surface area contributed by atoms with Crippen molar-refractivity contribution in [3.63, 3.8) is 0 Å². The average Bonchev–Trinajstić information content (AvgIpc) is 2.50. The monoisotopic (exact) mass is 376 g/mol. The number of hydrogen-bond donors (Lipinski definition) is 2. The Morgan fingerprint density at radius 1 is 1.04 bits per heavy atom. The Bertz CT molecular complexity index is 736. The Labute approximate surface area is 146 Å².